The molecule has 2 N–H and O–H groups in total. The van der Waals surface area contributed by atoms with Crippen molar-refractivity contribution in [2.75, 3.05) is 20.1 Å². The third-order valence-electron chi connectivity index (χ3n) is 5.95. The summed E-state index contributed by atoms with van der Waals surface area (Å²) in [6.45, 7) is 4.29. The number of carbonyl (C=O) groups is 1. The van der Waals surface area contributed by atoms with Gasteiger partial charge in [-0.15, -0.1) is 24.0 Å². The Labute approximate surface area is 189 Å². The first-order valence-corrected chi connectivity index (χ1v) is 10.3. The summed E-state index contributed by atoms with van der Waals surface area (Å²) in [5.41, 5.74) is 3.09. The molecule has 2 aromatic heterocycles. The molecule has 0 spiro atoms. The van der Waals surface area contributed by atoms with Crippen LogP contribution in [0.3, 0.4) is 0 Å². The number of aliphatic imine (C=N–C) groups is 1. The molecule has 2 aromatic rings. The van der Waals surface area contributed by atoms with Crippen LogP contribution in [0.2, 0.25) is 0 Å². The highest BCUT2D eigenvalue weighted by Gasteiger charge is 2.32. The summed E-state index contributed by atoms with van der Waals surface area (Å²) in [7, 11) is 1.78. The number of pyridine rings is 1. The molecule has 8 heteroatoms. The number of aryl methyl sites for hydroxylation is 1. The van der Waals surface area contributed by atoms with Crippen LogP contribution in [0.25, 0.3) is 5.65 Å². The van der Waals surface area contributed by atoms with Crippen molar-refractivity contribution < 1.29 is 4.79 Å². The lowest BCUT2D eigenvalue weighted by atomic mass is 10.1. The number of hydrogen-bond donors (Lipinski definition) is 2. The van der Waals surface area contributed by atoms with Gasteiger partial charge in [-0.05, 0) is 38.3 Å². The van der Waals surface area contributed by atoms with Crippen LogP contribution in [0, 0.1) is 12.8 Å². The zero-order valence-electron chi connectivity index (χ0n) is 17.2. The molecule has 158 valence electrons. The number of guanidine groups is 1. The van der Waals surface area contributed by atoms with Crippen LogP contribution in [-0.2, 0) is 11.3 Å². The SMILES string of the molecule is CN=C(NCc1cn2c(C)cccc2n1)NC1CCN(C(=O)C2CCCC2)C1.I. The zero-order valence-corrected chi connectivity index (χ0v) is 19.6. The molecule has 1 saturated carbocycles. The van der Waals surface area contributed by atoms with Gasteiger partial charge in [0.25, 0.3) is 0 Å². The Bertz CT molecular complexity index is 873. The van der Waals surface area contributed by atoms with Gasteiger partial charge in [-0.25, -0.2) is 4.98 Å². The Kier molecular flexibility index (Phi) is 7.37. The molecule has 3 heterocycles. The van der Waals surface area contributed by atoms with Crippen molar-refractivity contribution in [1.82, 2.24) is 24.9 Å². The number of imidazole rings is 1. The molecule has 0 radical (unpaired) electrons. The van der Waals surface area contributed by atoms with Gasteiger partial charge in [-0.2, -0.15) is 0 Å². The van der Waals surface area contributed by atoms with E-state index in [4.69, 9.17) is 0 Å². The van der Waals surface area contributed by atoms with Gasteiger partial charge in [0, 0.05) is 44.0 Å². The minimum atomic E-state index is 0. The van der Waals surface area contributed by atoms with Crippen molar-refractivity contribution in [2.45, 2.75) is 51.6 Å². The highest BCUT2D eigenvalue weighted by molar-refractivity contribution is 14.0. The fourth-order valence-corrected chi connectivity index (χ4v) is 4.36. The minimum absolute atomic E-state index is 0. The Morgan fingerprint density at radius 2 is 2.07 bits per heavy atom. The maximum atomic E-state index is 12.6. The summed E-state index contributed by atoms with van der Waals surface area (Å²) in [6, 6.07) is 6.36. The van der Waals surface area contributed by atoms with Crippen molar-refractivity contribution >= 4 is 41.5 Å². The lowest BCUT2D eigenvalue weighted by Crippen LogP contribution is -2.45. The number of carbonyl (C=O) groups excluding carboxylic acids is 1. The molecule has 2 aliphatic rings. The van der Waals surface area contributed by atoms with Gasteiger partial charge in [-0.1, -0.05) is 18.9 Å². The summed E-state index contributed by atoms with van der Waals surface area (Å²) < 4.78 is 2.09. The number of likely N-dealkylation sites (tertiary alicyclic amines) is 1. The first kappa shape index (κ1) is 21.9. The second-order valence-electron chi connectivity index (χ2n) is 7.95. The molecule has 4 rings (SSSR count). The van der Waals surface area contributed by atoms with Crippen molar-refractivity contribution in [3.05, 3.63) is 35.8 Å². The number of hydrogen-bond acceptors (Lipinski definition) is 3. The normalized spacial score (nSPS) is 20.1. The molecule has 0 aromatic carbocycles. The summed E-state index contributed by atoms with van der Waals surface area (Å²) in [5, 5.41) is 6.82. The van der Waals surface area contributed by atoms with E-state index >= 15 is 0 Å². The highest BCUT2D eigenvalue weighted by Crippen LogP contribution is 2.27. The van der Waals surface area contributed by atoms with E-state index in [2.05, 4.69) is 44.2 Å². The molecule has 0 bridgehead atoms. The van der Waals surface area contributed by atoms with Gasteiger partial charge in [-0.3, -0.25) is 9.79 Å². The predicted octanol–water partition coefficient (Wildman–Crippen LogP) is 2.72. The smallest absolute Gasteiger partial charge is 0.225 e. The topological polar surface area (TPSA) is 74.0 Å². The summed E-state index contributed by atoms with van der Waals surface area (Å²) in [4.78, 5) is 23.6. The van der Waals surface area contributed by atoms with E-state index in [1.807, 2.05) is 17.0 Å². The number of aromatic nitrogens is 2. The monoisotopic (exact) mass is 510 g/mol. The molecule has 29 heavy (non-hydrogen) atoms. The summed E-state index contributed by atoms with van der Waals surface area (Å²) in [6.07, 6.45) is 7.55. The summed E-state index contributed by atoms with van der Waals surface area (Å²) in [5.74, 6) is 1.37. The van der Waals surface area contributed by atoms with Crippen molar-refractivity contribution in [1.29, 1.82) is 0 Å². The number of nitrogens with zero attached hydrogens (tertiary/aromatic N) is 4. The van der Waals surface area contributed by atoms with Crippen LogP contribution in [0.1, 0.15) is 43.5 Å². The Morgan fingerprint density at radius 1 is 1.28 bits per heavy atom. The number of rotatable bonds is 4. The quantitative estimate of drug-likeness (QED) is 0.377. The Hall–Kier alpha value is -1.84. The van der Waals surface area contributed by atoms with Crippen LogP contribution in [0.15, 0.2) is 29.4 Å². The van der Waals surface area contributed by atoms with Gasteiger partial charge in [0.05, 0.1) is 12.2 Å². The Balaban J connectivity index is 0.00000240. The van der Waals surface area contributed by atoms with Gasteiger partial charge in [0.1, 0.15) is 5.65 Å². The number of halogens is 1. The molecule has 2 fully saturated rings. The molecule has 1 amide bonds. The first-order chi connectivity index (χ1) is 13.6. The van der Waals surface area contributed by atoms with E-state index in [0.717, 1.165) is 55.3 Å². The van der Waals surface area contributed by atoms with E-state index in [9.17, 15) is 4.79 Å². The minimum Gasteiger partial charge on any atom is -0.352 e. The lowest BCUT2D eigenvalue weighted by molar-refractivity contribution is -0.134. The molecular weight excluding hydrogens is 479 g/mol. The third kappa shape index (κ3) is 5.02. The highest BCUT2D eigenvalue weighted by atomic mass is 127. The second-order valence-corrected chi connectivity index (χ2v) is 7.95. The van der Waals surface area contributed by atoms with Crippen molar-refractivity contribution in [2.24, 2.45) is 10.9 Å². The number of amides is 1. The van der Waals surface area contributed by atoms with E-state index < -0.39 is 0 Å². The average molecular weight is 510 g/mol. The average Bonchev–Trinajstić information content (AvgIpc) is 3.45. The molecule has 1 unspecified atom stereocenters. The Morgan fingerprint density at radius 3 is 2.79 bits per heavy atom. The van der Waals surface area contributed by atoms with Crippen LogP contribution >= 0.6 is 24.0 Å². The zero-order chi connectivity index (χ0) is 19.5. The standard InChI is InChI=1S/C21H30N6O.HI/c1-15-6-5-9-19-24-18(14-27(15)19)12-23-21(22-2)25-17-10-11-26(13-17)20(28)16-7-3-4-8-16;/h5-6,9,14,16-17H,3-4,7-8,10-13H2,1-2H3,(H2,22,23,25);1H. The number of nitrogens with one attached hydrogen (secondary N) is 2. The van der Waals surface area contributed by atoms with Gasteiger partial charge >= 0.3 is 0 Å². The van der Waals surface area contributed by atoms with Crippen LogP contribution in [0.5, 0.6) is 0 Å². The van der Waals surface area contributed by atoms with Crippen molar-refractivity contribution in [3.63, 3.8) is 0 Å². The first-order valence-electron chi connectivity index (χ1n) is 10.3. The second kappa shape index (κ2) is 9.77. The lowest BCUT2D eigenvalue weighted by Gasteiger charge is -2.21. The maximum absolute atomic E-state index is 12.6. The molecule has 1 atom stereocenters. The van der Waals surface area contributed by atoms with E-state index in [1.165, 1.54) is 12.8 Å². The fraction of sp³-hybridized carbons (Fsp3) is 0.571. The largest absolute Gasteiger partial charge is 0.352 e. The van der Waals surface area contributed by atoms with Crippen LogP contribution in [-0.4, -0.2) is 52.3 Å². The maximum Gasteiger partial charge on any atom is 0.225 e. The van der Waals surface area contributed by atoms with Crippen molar-refractivity contribution in [3.8, 4) is 0 Å². The van der Waals surface area contributed by atoms with Gasteiger partial charge in [0.2, 0.25) is 5.91 Å². The van der Waals surface area contributed by atoms with Crippen LogP contribution in [0.4, 0.5) is 0 Å². The predicted molar refractivity (Wildman–Crippen MR) is 126 cm³/mol. The molecule has 1 aliphatic carbocycles. The van der Waals surface area contributed by atoms with E-state index in [-0.39, 0.29) is 35.9 Å². The third-order valence-corrected chi connectivity index (χ3v) is 5.95. The molecular formula is C21H31IN6O. The molecule has 1 aliphatic heterocycles. The molecule has 7 nitrogen and oxygen atoms in total. The van der Waals surface area contributed by atoms with Crippen LogP contribution < -0.4 is 10.6 Å². The summed E-state index contributed by atoms with van der Waals surface area (Å²) >= 11 is 0. The van der Waals surface area contributed by atoms with Gasteiger partial charge in [0.15, 0.2) is 5.96 Å². The fourth-order valence-electron chi connectivity index (χ4n) is 4.36. The van der Waals surface area contributed by atoms with E-state index in [0.29, 0.717) is 12.5 Å². The molecule has 1 saturated heterocycles. The van der Waals surface area contributed by atoms with E-state index in [1.54, 1.807) is 7.05 Å². The van der Waals surface area contributed by atoms with Gasteiger partial charge < -0.3 is 19.9 Å². The number of fused-ring (bicyclic) bond motifs is 1.